The molecule has 2 amide bonds. The van der Waals surface area contributed by atoms with Gasteiger partial charge in [-0.25, -0.2) is 9.59 Å². The van der Waals surface area contributed by atoms with Gasteiger partial charge in [-0.15, -0.1) is 0 Å². The molecule has 1 aromatic rings. The molecule has 0 atom stereocenters. The van der Waals surface area contributed by atoms with E-state index in [1.54, 1.807) is 53.7 Å². The standard InChI is InChI=1S/C17H24N2O4/c1-16(2,3)22-14(20)19(15(21)23-17(4,5)6)18-12-13-10-8-7-9-11-13/h7-12H,1-6H3/b18-12+. The molecule has 0 aliphatic carbocycles. The lowest BCUT2D eigenvalue weighted by Crippen LogP contribution is -2.40. The van der Waals surface area contributed by atoms with Crippen molar-refractivity contribution in [2.75, 3.05) is 0 Å². The number of hydrazone groups is 1. The Kier molecular flexibility index (Phi) is 5.90. The molecule has 0 radical (unpaired) electrons. The van der Waals surface area contributed by atoms with Crippen LogP contribution in [-0.2, 0) is 9.47 Å². The second kappa shape index (κ2) is 7.26. The second-order valence-electron chi connectivity index (χ2n) is 6.93. The summed E-state index contributed by atoms with van der Waals surface area (Å²) in [5, 5.41) is 4.51. The third-order valence-electron chi connectivity index (χ3n) is 2.25. The number of hydrogen-bond donors (Lipinski definition) is 0. The molecule has 0 fully saturated rings. The molecular formula is C17H24N2O4. The van der Waals surface area contributed by atoms with E-state index in [1.165, 1.54) is 6.21 Å². The van der Waals surface area contributed by atoms with Crippen molar-refractivity contribution >= 4 is 18.4 Å². The first-order valence-electron chi connectivity index (χ1n) is 7.33. The lowest BCUT2D eigenvalue weighted by atomic mass is 10.2. The molecular weight excluding hydrogens is 296 g/mol. The normalized spacial score (nSPS) is 12.1. The number of hydrogen-bond acceptors (Lipinski definition) is 5. The molecule has 0 N–H and O–H groups in total. The van der Waals surface area contributed by atoms with Crippen molar-refractivity contribution in [1.29, 1.82) is 0 Å². The summed E-state index contributed by atoms with van der Waals surface area (Å²) < 4.78 is 10.4. The molecule has 23 heavy (non-hydrogen) atoms. The quantitative estimate of drug-likeness (QED) is 0.605. The van der Waals surface area contributed by atoms with Crippen LogP contribution in [-0.4, -0.2) is 34.6 Å². The monoisotopic (exact) mass is 320 g/mol. The number of nitrogens with zero attached hydrogens (tertiary/aromatic N) is 2. The van der Waals surface area contributed by atoms with Crippen LogP contribution in [0, 0.1) is 0 Å². The van der Waals surface area contributed by atoms with E-state index in [0.717, 1.165) is 5.56 Å². The van der Waals surface area contributed by atoms with E-state index in [1.807, 2.05) is 18.2 Å². The van der Waals surface area contributed by atoms with Crippen LogP contribution in [0.3, 0.4) is 0 Å². The van der Waals surface area contributed by atoms with Gasteiger partial charge in [0.05, 0.1) is 6.21 Å². The maximum absolute atomic E-state index is 12.2. The van der Waals surface area contributed by atoms with E-state index in [0.29, 0.717) is 5.01 Å². The molecule has 0 saturated heterocycles. The van der Waals surface area contributed by atoms with E-state index in [-0.39, 0.29) is 0 Å². The van der Waals surface area contributed by atoms with Gasteiger partial charge >= 0.3 is 12.2 Å². The molecule has 6 heteroatoms. The molecule has 6 nitrogen and oxygen atoms in total. The number of amides is 2. The van der Waals surface area contributed by atoms with Crippen molar-refractivity contribution < 1.29 is 19.1 Å². The fraction of sp³-hybridized carbons (Fsp3) is 0.471. The highest BCUT2D eigenvalue weighted by Crippen LogP contribution is 2.14. The Bertz CT molecular complexity index is 540. The summed E-state index contributed by atoms with van der Waals surface area (Å²) in [4.78, 5) is 24.4. The van der Waals surface area contributed by atoms with Crippen molar-refractivity contribution in [1.82, 2.24) is 5.01 Å². The third-order valence-corrected chi connectivity index (χ3v) is 2.25. The SMILES string of the molecule is CC(C)(C)OC(=O)N(/N=C/c1ccccc1)C(=O)OC(C)(C)C. The minimum atomic E-state index is -0.890. The molecule has 1 aromatic carbocycles. The summed E-state index contributed by atoms with van der Waals surface area (Å²) >= 11 is 0. The summed E-state index contributed by atoms with van der Waals surface area (Å²) in [5.41, 5.74) is -0.760. The van der Waals surface area contributed by atoms with Crippen molar-refractivity contribution in [3.05, 3.63) is 35.9 Å². The number of imide groups is 1. The Balaban J connectivity index is 2.98. The number of rotatable bonds is 2. The average Bonchev–Trinajstić information content (AvgIpc) is 2.35. The minimum Gasteiger partial charge on any atom is -0.442 e. The van der Waals surface area contributed by atoms with E-state index in [4.69, 9.17) is 9.47 Å². The van der Waals surface area contributed by atoms with Crippen LogP contribution in [0.5, 0.6) is 0 Å². The zero-order valence-corrected chi connectivity index (χ0v) is 14.5. The number of carbonyl (C=O) groups is 2. The minimum absolute atomic E-state index is 0.587. The number of benzene rings is 1. The predicted octanol–water partition coefficient (Wildman–Crippen LogP) is 4.19. The Morgan fingerprint density at radius 3 is 1.74 bits per heavy atom. The average molecular weight is 320 g/mol. The van der Waals surface area contributed by atoms with Gasteiger partial charge in [-0.2, -0.15) is 5.10 Å². The van der Waals surface area contributed by atoms with Gasteiger partial charge in [-0.1, -0.05) is 35.3 Å². The molecule has 0 saturated carbocycles. The van der Waals surface area contributed by atoms with Crippen LogP contribution in [0.25, 0.3) is 0 Å². The van der Waals surface area contributed by atoms with Crippen molar-refractivity contribution in [2.45, 2.75) is 52.7 Å². The lowest BCUT2D eigenvalue weighted by molar-refractivity contribution is 0.00204. The third kappa shape index (κ3) is 7.44. The number of carbonyl (C=O) groups excluding carboxylic acids is 2. The molecule has 0 aromatic heterocycles. The highest BCUT2D eigenvalue weighted by Gasteiger charge is 2.31. The zero-order valence-electron chi connectivity index (χ0n) is 14.5. The molecule has 126 valence electrons. The Morgan fingerprint density at radius 1 is 0.913 bits per heavy atom. The maximum atomic E-state index is 12.2. The van der Waals surface area contributed by atoms with E-state index < -0.39 is 23.4 Å². The Hall–Kier alpha value is -2.37. The first-order chi connectivity index (χ1) is 10.5. The molecule has 0 heterocycles. The van der Waals surface area contributed by atoms with Crippen molar-refractivity contribution in [2.24, 2.45) is 5.10 Å². The second-order valence-corrected chi connectivity index (χ2v) is 6.93. The summed E-state index contributed by atoms with van der Waals surface area (Å²) in [6.45, 7) is 10.2. The molecule has 0 bridgehead atoms. The summed E-state index contributed by atoms with van der Waals surface area (Å²) in [5.74, 6) is 0. The van der Waals surface area contributed by atoms with Gasteiger partial charge in [-0.05, 0) is 47.1 Å². The van der Waals surface area contributed by atoms with E-state index >= 15 is 0 Å². The lowest BCUT2D eigenvalue weighted by Gasteiger charge is -2.25. The first kappa shape index (κ1) is 18.7. The first-order valence-corrected chi connectivity index (χ1v) is 7.33. The van der Waals surface area contributed by atoms with Gasteiger partial charge in [0.1, 0.15) is 11.2 Å². The molecule has 0 spiro atoms. The van der Waals surface area contributed by atoms with Crippen LogP contribution in [0.4, 0.5) is 9.59 Å². The number of ether oxygens (including phenoxy) is 2. The van der Waals surface area contributed by atoms with Gasteiger partial charge in [0.15, 0.2) is 0 Å². The van der Waals surface area contributed by atoms with Crippen molar-refractivity contribution in [3.63, 3.8) is 0 Å². The predicted molar refractivity (Wildman–Crippen MR) is 88.3 cm³/mol. The fourth-order valence-corrected chi connectivity index (χ4v) is 1.44. The highest BCUT2D eigenvalue weighted by molar-refractivity contribution is 5.90. The van der Waals surface area contributed by atoms with E-state index in [9.17, 15) is 9.59 Å². The topological polar surface area (TPSA) is 68.2 Å². The van der Waals surface area contributed by atoms with Crippen LogP contribution < -0.4 is 0 Å². The van der Waals surface area contributed by atoms with Crippen molar-refractivity contribution in [3.8, 4) is 0 Å². The van der Waals surface area contributed by atoms with Crippen LogP contribution in [0.15, 0.2) is 35.4 Å². The molecule has 0 unspecified atom stereocenters. The smallest absolute Gasteiger partial charge is 0.441 e. The summed E-state index contributed by atoms with van der Waals surface area (Å²) in [7, 11) is 0. The van der Waals surface area contributed by atoms with Crippen LogP contribution in [0.2, 0.25) is 0 Å². The van der Waals surface area contributed by atoms with Gasteiger partial charge in [-0.3, -0.25) is 0 Å². The largest absolute Gasteiger partial charge is 0.442 e. The maximum Gasteiger partial charge on any atom is 0.441 e. The van der Waals surface area contributed by atoms with Crippen LogP contribution >= 0.6 is 0 Å². The fourth-order valence-electron chi connectivity index (χ4n) is 1.44. The zero-order chi connectivity index (χ0) is 17.7. The van der Waals surface area contributed by atoms with Gasteiger partial charge < -0.3 is 9.47 Å². The van der Waals surface area contributed by atoms with Crippen LogP contribution in [0.1, 0.15) is 47.1 Å². The summed E-state index contributed by atoms with van der Waals surface area (Å²) in [6, 6.07) is 9.11. The van der Waals surface area contributed by atoms with Gasteiger partial charge in [0.25, 0.3) is 0 Å². The highest BCUT2D eigenvalue weighted by atomic mass is 16.6. The molecule has 0 aliphatic heterocycles. The Morgan fingerprint density at radius 2 is 1.35 bits per heavy atom. The van der Waals surface area contributed by atoms with Gasteiger partial charge in [0.2, 0.25) is 0 Å². The molecule has 0 aliphatic rings. The molecule has 1 rings (SSSR count). The summed E-state index contributed by atoms with van der Waals surface area (Å²) in [6.07, 6.45) is -0.383. The van der Waals surface area contributed by atoms with Gasteiger partial charge in [0, 0.05) is 0 Å². The Labute approximate surface area is 137 Å². The van der Waals surface area contributed by atoms with E-state index in [2.05, 4.69) is 5.10 Å².